The molecule has 0 aliphatic heterocycles. The highest BCUT2D eigenvalue weighted by Gasteiger charge is 2.23. The van der Waals surface area contributed by atoms with Gasteiger partial charge in [-0.2, -0.15) is 0 Å². The van der Waals surface area contributed by atoms with Gasteiger partial charge in [-0.3, -0.25) is 9.59 Å². The molecule has 1 unspecified atom stereocenters. The van der Waals surface area contributed by atoms with Crippen LogP contribution >= 0.6 is 27.7 Å². The van der Waals surface area contributed by atoms with Crippen LogP contribution in [0.25, 0.3) is 0 Å². The standard InChI is InChI=1S/C26H27BrN2O2S/c1-26(2,3)17-23(30)28-21-10-7-11-22(16-21)32-24(18-8-5-4-6-9-18)25(31)29-20-14-12-19(27)13-15-20/h4-16,24H,17H2,1-3H3,(H,28,30)(H,29,31). The van der Waals surface area contributed by atoms with E-state index in [4.69, 9.17) is 0 Å². The first kappa shape index (κ1) is 24.1. The molecule has 0 bridgehead atoms. The predicted octanol–water partition coefficient (Wildman–Crippen LogP) is 7.30. The van der Waals surface area contributed by atoms with Crippen molar-refractivity contribution in [2.24, 2.45) is 5.41 Å². The minimum absolute atomic E-state index is 0.0211. The summed E-state index contributed by atoms with van der Waals surface area (Å²) in [5.74, 6) is -0.127. The lowest BCUT2D eigenvalue weighted by molar-refractivity contribution is -0.118. The van der Waals surface area contributed by atoms with Crippen LogP contribution in [0.4, 0.5) is 11.4 Å². The van der Waals surface area contributed by atoms with E-state index in [2.05, 4.69) is 26.6 Å². The number of hydrogen-bond donors (Lipinski definition) is 2. The van der Waals surface area contributed by atoms with Gasteiger partial charge in [-0.1, -0.05) is 73.1 Å². The second kappa shape index (κ2) is 10.8. The Bertz CT molecular complexity index is 1060. The number of halogens is 1. The highest BCUT2D eigenvalue weighted by Crippen LogP contribution is 2.37. The topological polar surface area (TPSA) is 58.2 Å². The second-order valence-electron chi connectivity index (χ2n) is 8.72. The molecule has 166 valence electrons. The molecule has 4 nitrogen and oxygen atoms in total. The minimum atomic E-state index is -0.444. The summed E-state index contributed by atoms with van der Waals surface area (Å²) < 4.78 is 0.954. The van der Waals surface area contributed by atoms with E-state index >= 15 is 0 Å². The third-order valence-corrected chi connectivity index (χ3v) is 6.29. The maximum Gasteiger partial charge on any atom is 0.242 e. The quantitative estimate of drug-likeness (QED) is 0.328. The fourth-order valence-corrected chi connectivity index (χ4v) is 4.46. The van der Waals surface area contributed by atoms with Crippen LogP contribution < -0.4 is 10.6 Å². The van der Waals surface area contributed by atoms with Crippen molar-refractivity contribution in [1.29, 1.82) is 0 Å². The normalized spacial score (nSPS) is 12.1. The summed E-state index contributed by atoms with van der Waals surface area (Å²) in [4.78, 5) is 26.4. The Morgan fingerprint density at radius 2 is 1.56 bits per heavy atom. The van der Waals surface area contributed by atoms with Crippen LogP contribution in [0.3, 0.4) is 0 Å². The molecular weight excluding hydrogens is 484 g/mol. The van der Waals surface area contributed by atoms with Crippen LogP contribution in [0, 0.1) is 5.41 Å². The van der Waals surface area contributed by atoms with Gasteiger partial charge >= 0.3 is 0 Å². The van der Waals surface area contributed by atoms with E-state index in [9.17, 15) is 9.59 Å². The Morgan fingerprint density at radius 3 is 2.22 bits per heavy atom. The maximum absolute atomic E-state index is 13.2. The number of carbonyl (C=O) groups is 2. The summed E-state index contributed by atoms with van der Waals surface area (Å²) in [7, 11) is 0. The summed E-state index contributed by atoms with van der Waals surface area (Å²) in [6.45, 7) is 6.11. The molecular formula is C26H27BrN2O2S. The molecule has 0 aliphatic carbocycles. The average Bonchev–Trinajstić information content (AvgIpc) is 2.73. The van der Waals surface area contributed by atoms with Gasteiger partial charge in [-0.25, -0.2) is 0 Å². The molecule has 32 heavy (non-hydrogen) atoms. The van der Waals surface area contributed by atoms with E-state index in [1.165, 1.54) is 11.8 Å². The zero-order valence-corrected chi connectivity index (χ0v) is 20.8. The minimum Gasteiger partial charge on any atom is -0.326 e. The molecule has 0 aliphatic rings. The molecule has 0 saturated heterocycles. The van der Waals surface area contributed by atoms with E-state index < -0.39 is 5.25 Å². The molecule has 0 spiro atoms. The van der Waals surface area contributed by atoms with Crippen molar-refractivity contribution in [3.05, 3.63) is 88.9 Å². The van der Waals surface area contributed by atoms with Crippen molar-refractivity contribution in [3.63, 3.8) is 0 Å². The first-order valence-corrected chi connectivity index (χ1v) is 12.0. The van der Waals surface area contributed by atoms with Crippen LogP contribution in [-0.4, -0.2) is 11.8 Å². The third kappa shape index (κ3) is 7.53. The largest absolute Gasteiger partial charge is 0.326 e. The summed E-state index contributed by atoms with van der Waals surface area (Å²) in [6.07, 6.45) is 0.437. The summed E-state index contributed by atoms with van der Waals surface area (Å²) in [5, 5.41) is 5.54. The number of nitrogens with one attached hydrogen (secondary N) is 2. The van der Waals surface area contributed by atoms with Crippen LogP contribution in [0.1, 0.15) is 38.0 Å². The van der Waals surface area contributed by atoms with Crippen LogP contribution in [0.2, 0.25) is 0 Å². The SMILES string of the molecule is CC(C)(C)CC(=O)Nc1cccc(SC(C(=O)Nc2ccc(Br)cc2)c2ccccc2)c1. The third-order valence-electron chi connectivity index (χ3n) is 4.51. The maximum atomic E-state index is 13.2. The smallest absolute Gasteiger partial charge is 0.242 e. The van der Waals surface area contributed by atoms with Crippen LogP contribution in [0.15, 0.2) is 88.2 Å². The lowest BCUT2D eigenvalue weighted by Gasteiger charge is -2.19. The lowest BCUT2D eigenvalue weighted by Crippen LogP contribution is -2.20. The number of benzene rings is 3. The summed E-state index contributed by atoms with van der Waals surface area (Å²) in [6, 6.07) is 24.8. The van der Waals surface area contributed by atoms with Gasteiger partial charge in [0, 0.05) is 27.2 Å². The molecule has 3 rings (SSSR count). The van der Waals surface area contributed by atoms with Gasteiger partial charge in [-0.15, -0.1) is 11.8 Å². The molecule has 0 saturated carbocycles. The highest BCUT2D eigenvalue weighted by atomic mass is 79.9. The average molecular weight is 511 g/mol. The van der Waals surface area contributed by atoms with Crippen molar-refractivity contribution in [1.82, 2.24) is 0 Å². The fraction of sp³-hybridized carbons (Fsp3) is 0.231. The number of hydrogen-bond acceptors (Lipinski definition) is 3. The van der Waals surface area contributed by atoms with Gasteiger partial charge in [0.2, 0.25) is 11.8 Å². The molecule has 3 aromatic carbocycles. The Kier molecular flexibility index (Phi) is 8.15. The number of thioether (sulfide) groups is 1. The Hall–Kier alpha value is -2.57. The van der Waals surface area contributed by atoms with Gasteiger partial charge in [0.1, 0.15) is 5.25 Å². The zero-order chi connectivity index (χ0) is 23.1. The second-order valence-corrected chi connectivity index (χ2v) is 10.8. The van der Waals surface area contributed by atoms with Gasteiger partial charge < -0.3 is 10.6 Å². The van der Waals surface area contributed by atoms with Crippen molar-refractivity contribution >= 4 is 50.9 Å². The molecule has 2 N–H and O–H groups in total. The van der Waals surface area contributed by atoms with Crippen LogP contribution in [0.5, 0.6) is 0 Å². The Morgan fingerprint density at radius 1 is 0.875 bits per heavy atom. The summed E-state index contributed by atoms with van der Waals surface area (Å²) >= 11 is 4.87. The van der Waals surface area contributed by atoms with E-state index in [0.29, 0.717) is 6.42 Å². The first-order chi connectivity index (χ1) is 15.2. The van der Waals surface area contributed by atoms with Crippen molar-refractivity contribution in [3.8, 4) is 0 Å². The molecule has 6 heteroatoms. The molecule has 0 radical (unpaired) electrons. The number of anilines is 2. The van der Waals surface area contributed by atoms with E-state index in [-0.39, 0.29) is 17.2 Å². The van der Waals surface area contributed by atoms with Crippen molar-refractivity contribution in [2.45, 2.75) is 37.3 Å². The molecule has 0 fully saturated rings. The van der Waals surface area contributed by atoms with E-state index in [0.717, 1.165) is 26.3 Å². The Labute approximate surface area is 202 Å². The van der Waals surface area contributed by atoms with Crippen molar-refractivity contribution in [2.75, 3.05) is 10.6 Å². The predicted molar refractivity (Wildman–Crippen MR) is 137 cm³/mol. The fourth-order valence-electron chi connectivity index (χ4n) is 3.11. The van der Waals surface area contributed by atoms with E-state index in [1.54, 1.807) is 0 Å². The number of rotatable bonds is 7. The zero-order valence-electron chi connectivity index (χ0n) is 18.4. The van der Waals surface area contributed by atoms with Crippen LogP contribution in [-0.2, 0) is 9.59 Å². The summed E-state index contributed by atoms with van der Waals surface area (Å²) in [5.41, 5.74) is 2.29. The molecule has 2 amide bonds. The number of carbonyl (C=O) groups excluding carboxylic acids is 2. The highest BCUT2D eigenvalue weighted by molar-refractivity contribution is 9.10. The van der Waals surface area contributed by atoms with Gasteiger partial charge in [0.05, 0.1) is 0 Å². The molecule has 0 aromatic heterocycles. The Balaban J connectivity index is 1.78. The monoisotopic (exact) mass is 510 g/mol. The first-order valence-electron chi connectivity index (χ1n) is 10.4. The van der Waals surface area contributed by atoms with Crippen molar-refractivity contribution < 1.29 is 9.59 Å². The van der Waals surface area contributed by atoms with E-state index in [1.807, 2.05) is 99.6 Å². The lowest BCUT2D eigenvalue weighted by atomic mass is 9.92. The molecule has 3 aromatic rings. The van der Waals surface area contributed by atoms with Gasteiger partial charge in [0.25, 0.3) is 0 Å². The number of amides is 2. The van der Waals surface area contributed by atoms with Gasteiger partial charge in [-0.05, 0) is 53.4 Å². The molecule has 1 atom stereocenters. The van der Waals surface area contributed by atoms with Gasteiger partial charge in [0.15, 0.2) is 0 Å². The molecule has 0 heterocycles.